The Morgan fingerprint density at radius 3 is 2.83 bits per heavy atom. The smallest absolute Gasteiger partial charge is 0.351 e. The number of carbonyl (C=O) groups excluding carboxylic acids is 1. The fourth-order valence-corrected chi connectivity index (χ4v) is 3.90. The molecule has 0 unspecified atom stereocenters. The van der Waals surface area contributed by atoms with Crippen LogP contribution in [0.4, 0.5) is 13.2 Å². The zero-order valence-electron chi connectivity index (χ0n) is 12.8. The number of aromatic nitrogens is 1. The molecule has 4 nitrogen and oxygen atoms in total. The van der Waals surface area contributed by atoms with Gasteiger partial charge in [0.15, 0.2) is 0 Å². The van der Waals surface area contributed by atoms with Crippen LogP contribution < -0.4 is 10.6 Å². The number of benzene rings is 1. The second-order valence-electron chi connectivity index (χ2n) is 6.76. The molecule has 1 aliphatic heterocycles. The van der Waals surface area contributed by atoms with Gasteiger partial charge in [-0.2, -0.15) is 13.2 Å². The Balaban J connectivity index is 1.49. The minimum atomic E-state index is -4.24. The summed E-state index contributed by atoms with van der Waals surface area (Å²) in [6.07, 6.45) is -0.840. The monoisotopic (exact) mass is 335 g/mol. The van der Waals surface area contributed by atoms with Gasteiger partial charge in [-0.15, -0.1) is 0 Å². The van der Waals surface area contributed by atoms with Crippen molar-refractivity contribution in [3.63, 3.8) is 0 Å². The maximum absolute atomic E-state index is 13.3. The van der Waals surface area contributed by atoms with Crippen molar-refractivity contribution in [2.75, 3.05) is 19.6 Å². The molecule has 1 aromatic carbocycles. The van der Waals surface area contributed by atoms with Crippen molar-refractivity contribution in [1.82, 2.24) is 15.6 Å². The molecule has 0 bridgehead atoms. The van der Waals surface area contributed by atoms with Gasteiger partial charge in [-0.05, 0) is 30.0 Å². The SMILES string of the molecule is O=C(NC[C@]12CNC[C@@]1(C(F)(F)F)C2)c1ccc2ccncc2c1. The second-order valence-corrected chi connectivity index (χ2v) is 6.76. The van der Waals surface area contributed by atoms with E-state index in [9.17, 15) is 18.0 Å². The molecule has 126 valence electrons. The molecule has 2 heterocycles. The number of alkyl halides is 3. The van der Waals surface area contributed by atoms with Gasteiger partial charge in [-0.3, -0.25) is 9.78 Å². The molecular weight excluding hydrogens is 319 g/mol. The van der Waals surface area contributed by atoms with Gasteiger partial charge >= 0.3 is 6.18 Å². The highest BCUT2D eigenvalue weighted by molar-refractivity contribution is 5.98. The van der Waals surface area contributed by atoms with Gasteiger partial charge in [0.2, 0.25) is 0 Å². The molecule has 2 fully saturated rings. The van der Waals surface area contributed by atoms with E-state index in [1.54, 1.807) is 30.6 Å². The van der Waals surface area contributed by atoms with Crippen molar-refractivity contribution in [3.8, 4) is 0 Å². The lowest BCUT2D eigenvalue weighted by molar-refractivity contribution is -0.190. The van der Waals surface area contributed by atoms with Crippen LogP contribution in [0.5, 0.6) is 0 Å². The summed E-state index contributed by atoms with van der Waals surface area (Å²) < 4.78 is 39.9. The molecule has 2 N–H and O–H groups in total. The Labute approximate surface area is 136 Å². The van der Waals surface area contributed by atoms with Crippen LogP contribution in [0.3, 0.4) is 0 Å². The van der Waals surface area contributed by atoms with Crippen molar-refractivity contribution < 1.29 is 18.0 Å². The standard InChI is InChI=1S/C17H16F3N3O/c18-17(19,20)16-7-15(16,8-22-10-16)9-23-14(24)12-2-1-11-3-4-21-6-13(11)5-12/h1-6,22H,7-10H2,(H,23,24)/t15-,16-/m0/s1. The van der Waals surface area contributed by atoms with Crippen LogP contribution in [0.25, 0.3) is 10.8 Å². The zero-order chi connectivity index (χ0) is 17.0. The molecule has 7 heteroatoms. The molecule has 2 atom stereocenters. The number of rotatable bonds is 3. The van der Waals surface area contributed by atoms with Crippen LogP contribution in [0.2, 0.25) is 0 Å². The maximum Gasteiger partial charge on any atom is 0.396 e. The molecule has 24 heavy (non-hydrogen) atoms. The summed E-state index contributed by atoms with van der Waals surface area (Å²) in [5, 5.41) is 7.28. The van der Waals surface area contributed by atoms with Gasteiger partial charge in [-0.1, -0.05) is 6.07 Å². The van der Waals surface area contributed by atoms with E-state index in [0.29, 0.717) is 5.56 Å². The first kappa shape index (κ1) is 15.4. The molecule has 1 aliphatic carbocycles. The fourth-order valence-electron chi connectivity index (χ4n) is 3.90. The molecular formula is C17H16F3N3O. The Kier molecular flexibility index (Phi) is 3.16. The summed E-state index contributed by atoms with van der Waals surface area (Å²) in [6, 6.07) is 7.01. The van der Waals surface area contributed by atoms with Gasteiger partial charge < -0.3 is 10.6 Å². The third-order valence-corrected chi connectivity index (χ3v) is 5.45. The summed E-state index contributed by atoms with van der Waals surface area (Å²) in [7, 11) is 0. The molecule has 4 rings (SSSR count). The molecule has 1 aromatic heterocycles. The molecule has 1 saturated carbocycles. The summed E-state index contributed by atoms with van der Waals surface area (Å²) in [6.45, 7) is 0.256. The van der Waals surface area contributed by atoms with E-state index in [2.05, 4.69) is 15.6 Å². The van der Waals surface area contributed by atoms with E-state index in [1.807, 2.05) is 6.07 Å². The summed E-state index contributed by atoms with van der Waals surface area (Å²) in [5.41, 5.74) is -2.16. The number of fused-ring (bicyclic) bond motifs is 2. The van der Waals surface area contributed by atoms with E-state index in [4.69, 9.17) is 0 Å². The van der Waals surface area contributed by atoms with Crippen LogP contribution in [0.1, 0.15) is 16.8 Å². The number of piperidine rings is 1. The third-order valence-electron chi connectivity index (χ3n) is 5.45. The Morgan fingerprint density at radius 2 is 2.08 bits per heavy atom. The van der Waals surface area contributed by atoms with Crippen molar-refractivity contribution in [2.45, 2.75) is 12.6 Å². The number of hydrogen-bond acceptors (Lipinski definition) is 3. The van der Waals surface area contributed by atoms with Crippen molar-refractivity contribution in [2.24, 2.45) is 10.8 Å². The van der Waals surface area contributed by atoms with Gasteiger partial charge in [0.05, 0.1) is 5.41 Å². The van der Waals surface area contributed by atoms with Crippen LogP contribution >= 0.6 is 0 Å². The van der Waals surface area contributed by atoms with E-state index in [1.165, 1.54) is 0 Å². The number of nitrogens with zero attached hydrogens (tertiary/aromatic N) is 1. The number of amides is 1. The average Bonchev–Trinajstić information content (AvgIpc) is 3.08. The lowest BCUT2D eigenvalue weighted by Gasteiger charge is -2.20. The van der Waals surface area contributed by atoms with Crippen molar-refractivity contribution in [3.05, 3.63) is 42.2 Å². The third kappa shape index (κ3) is 2.11. The number of nitrogens with one attached hydrogen (secondary N) is 2. The number of carbonyl (C=O) groups is 1. The Morgan fingerprint density at radius 1 is 1.25 bits per heavy atom. The van der Waals surface area contributed by atoms with Crippen molar-refractivity contribution in [1.29, 1.82) is 0 Å². The van der Waals surface area contributed by atoms with Crippen LogP contribution in [0, 0.1) is 10.8 Å². The van der Waals surface area contributed by atoms with Gasteiger partial charge in [-0.25, -0.2) is 0 Å². The number of pyridine rings is 1. The normalized spacial score (nSPS) is 28.6. The maximum atomic E-state index is 13.3. The van der Waals surface area contributed by atoms with Gasteiger partial charge in [0.25, 0.3) is 5.91 Å². The highest BCUT2D eigenvalue weighted by atomic mass is 19.4. The quantitative estimate of drug-likeness (QED) is 0.906. The Bertz CT molecular complexity index is 822. The molecule has 0 spiro atoms. The molecule has 0 radical (unpaired) electrons. The number of halogens is 3. The van der Waals surface area contributed by atoms with Crippen LogP contribution in [-0.2, 0) is 0 Å². The predicted molar refractivity (Wildman–Crippen MR) is 82.5 cm³/mol. The highest BCUT2D eigenvalue weighted by Gasteiger charge is 2.81. The molecule has 2 aliphatic rings. The van der Waals surface area contributed by atoms with Gasteiger partial charge in [0.1, 0.15) is 0 Å². The minimum Gasteiger partial charge on any atom is -0.351 e. The molecule has 1 saturated heterocycles. The average molecular weight is 335 g/mol. The van der Waals surface area contributed by atoms with Crippen molar-refractivity contribution >= 4 is 16.7 Å². The second kappa shape index (κ2) is 4.92. The van der Waals surface area contributed by atoms with Crippen LogP contribution in [0.15, 0.2) is 36.7 Å². The summed E-state index contributed by atoms with van der Waals surface area (Å²) >= 11 is 0. The number of hydrogen-bond donors (Lipinski definition) is 2. The lowest BCUT2D eigenvalue weighted by Crippen LogP contribution is -2.37. The minimum absolute atomic E-state index is 0.0312. The first-order valence-electron chi connectivity index (χ1n) is 7.76. The molecule has 1 amide bonds. The van der Waals surface area contributed by atoms with E-state index < -0.39 is 17.0 Å². The Hall–Kier alpha value is -2.15. The first-order chi connectivity index (χ1) is 11.4. The molecule has 2 aromatic rings. The summed E-state index contributed by atoms with van der Waals surface area (Å²) in [5.74, 6) is -0.356. The largest absolute Gasteiger partial charge is 0.396 e. The zero-order valence-corrected chi connectivity index (χ0v) is 12.8. The van der Waals surface area contributed by atoms with E-state index in [0.717, 1.165) is 10.8 Å². The topological polar surface area (TPSA) is 54.0 Å². The lowest BCUT2D eigenvalue weighted by atomic mass is 9.95. The fraction of sp³-hybridized carbons (Fsp3) is 0.412. The summed E-state index contributed by atoms with van der Waals surface area (Å²) in [4.78, 5) is 16.3. The highest BCUT2D eigenvalue weighted by Crippen LogP contribution is 2.72. The predicted octanol–water partition coefficient (Wildman–Crippen LogP) is 2.51. The van der Waals surface area contributed by atoms with Gasteiger partial charge in [0, 0.05) is 48.4 Å². The van der Waals surface area contributed by atoms with E-state index in [-0.39, 0.29) is 32.0 Å². The van der Waals surface area contributed by atoms with E-state index >= 15 is 0 Å². The van der Waals surface area contributed by atoms with Crippen LogP contribution in [-0.4, -0.2) is 36.7 Å². The first-order valence-corrected chi connectivity index (χ1v) is 7.76.